The molecule has 10 heavy (non-hydrogen) atoms. The van der Waals surface area contributed by atoms with Crippen LogP contribution in [0.2, 0.25) is 0 Å². The third kappa shape index (κ3) is 106. The van der Waals surface area contributed by atoms with E-state index in [-0.39, 0.29) is 136 Å². The zero-order chi connectivity index (χ0) is 0. The zero-order valence-electron chi connectivity index (χ0n) is 4.22. The van der Waals surface area contributed by atoms with Gasteiger partial charge in [-0.05, 0) is 0 Å². The van der Waals surface area contributed by atoms with Crippen LogP contribution in [0.4, 0.5) is 0 Å². The second-order valence-electron chi connectivity index (χ2n) is 0. The van der Waals surface area contributed by atoms with Crippen molar-refractivity contribution in [1.29, 1.82) is 0 Å². The predicted molar refractivity (Wildman–Crippen MR) is 9.37 cm³/mol. The van der Waals surface area contributed by atoms with Crippen molar-refractivity contribution in [3.05, 3.63) is 0 Å². The van der Waals surface area contributed by atoms with Crippen LogP contribution >= 0.6 is 0 Å². The van der Waals surface area contributed by atoms with Crippen molar-refractivity contribution in [1.82, 2.24) is 0 Å². The average molecular weight is 384 g/mol. The predicted octanol–water partition coefficient (Wildman–Crippen LogP) is -22.2. The Balaban J connectivity index is 0. The van der Waals surface area contributed by atoms with Crippen LogP contribution in [-0.2, 0) is 26.2 Å². The molecule has 0 aromatic heterocycles. The summed E-state index contributed by atoms with van der Waals surface area (Å²) in [5.41, 5.74) is 0. The van der Waals surface area contributed by atoms with Gasteiger partial charge in [-0.25, -0.2) is 0 Å². The van der Waals surface area contributed by atoms with Crippen LogP contribution in [0.15, 0.2) is 0 Å². The maximum atomic E-state index is 0. The van der Waals surface area contributed by atoms with Gasteiger partial charge in [0.2, 0.25) is 0 Å². The molecule has 0 aliphatic carbocycles. The molecule has 0 aliphatic rings. The molecule has 0 saturated carbocycles. The van der Waals surface area contributed by atoms with Crippen LogP contribution in [0.1, 0.15) is 0 Å². The van der Waals surface area contributed by atoms with Gasteiger partial charge in [0.05, 0.1) is 0 Å². The van der Waals surface area contributed by atoms with Gasteiger partial charge in [-0.15, -0.1) is 0 Å². The molecular weight excluding hydrogens is 382 g/mol. The smallest absolute Gasteiger partial charge is 1.00 e. The maximum Gasteiger partial charge on any atom is 4.00 e. The summed E-state index contributed by atoms with van der Waals surface area (Å²) >= 11 is 0. The van der Waals surface area contributed by atoms with E-state index in [2.05, 4.69) is 0 Å². The summed E-state index contributed by atoms with van der Waals surface area (Å²) in [6, 6.07) is 0. The Labute approximate surface area is 134 Å². The Morgan fingerprint density at radius 3 is 0.400 bits per heavy atom. The fourth-order valence-corrected chi connectivity index (χ4v) is 0. The largest absolute Gasteiger partial charge is 4.00 e. The SMILES string of the molecule is O.[Al+3].[Cl-].[Cl-].[Cl-].[Cl-].[Cl-].[Cl-].[Cl-].[Zr+4]. The molecule has 0 amide bonds. The normalized spacial score (nSPS) is 0. The molecule has 64 valence electrons. The third-order valence-corrected chi connectivity index (χ3v) is 0. The maximum absolute atomic E-state index is 0. The van der Waals surface area contributed by atoms with Gasteiger partial charge in [-0.1, -0.05) is 0 Å². The monoisotopic (exact) mass is 380 g/mol. The first kappa shape index (κ1) is 178. The summed E-state index contributed by atoms with van der Waals surface area (Å²) in [5, 5.41) is 0. The molecule has 0 aromatic rings. The first-order valence-corrected chi connectivity index (χ1v) is 0. The molecule has 0 fully saturated rings. The molecule has 1 nitrogen and oxygen atoms in total. The molecule has 2 N–H and O–H groups in total. The van der Waals surface area contributed by atoms with E-state index >= 15 is 0 Å². The molecule has 0 aliphatic heterocycles. The standard InChI is InChI=1S/Al.7ClH.H2O.Zr/h;7*1H;1H2;/q+3;;;;;;;;;+4/p-7. The van der Waals surface area contributed by atoms with E-state index in [1.807, 2.05) is 0 Å². The molecule has 0 atom stereocenters. The second kappa shape index (κ2) is 139. The molecule has 0 rings (SSSR count). The molecule has 0 unspecified atom stereocenters. The zero-order valence-corrected chi connectivity index (χ0v) is 13.1. The Kier molecular flexibility index (Phi) is 2480. The molecule has 0 aromatic carbocycles. The summed E-state index contributed by atoms with van der Waals surface area (Å²) in [6.45, 7) is 0. The molecule has 10 heteroatoms. The van der Waals surface area contributed by atoms with Crippen molar-refractivity contribution in [3.63, 3.8) is 0 Å². The van der Waals surface area contributed by atoms with E-state index in [0.717, 1.165) is 0 Å². The van der Waals surface area contributed by atoms with Crippen LogP contribution in [0.5, 0.6) is 0 Å². The van der Waals surface area contributed by atoms with Crippen molar-refractivity contribution in [2.24, 2.45) is 0 Å². The third-order valence-electron chi connectivity index (χ3n) is 0. The Bertz CT molecular complexity index is 13.6. The van der Waals surface area contributed by atoms with Crippen molar-refractivity contribution < 1.29 is 119 Å². The van der Waals surface area contributed by atoms with Gasteiger partial charge in [0.15, 0.2) is 0 Å². The molecule has 0 radical (unpaired) electrons. The van der Waals surface area contributed by atoms with E-state index < -0.39 is 0 Å². The topological polar surface area (TPSA) is 31.5 Å². The minimum absolute atomic E-state index is 0. The fourth-order valence-electron chi connectivity index (χ4n) is 0. The van der Waals surface area contributed by atoms with E-state index in [1.165, 1.54) is 0 Å². The van der Waals surface area contributed by atoms with Crippen LogP contribution in [0.25, 0.3) is 0 Å². The minimum atomic E-state index is 0. The van der Waals surface area contributed by atoms with Crippen LogP contribution < -0.4 is 86.8 Å². The van der Waals surface area contributed by atoms with E-state index in [9.17, 15) is 0 Å². The summed E-state index contributed by atoms with van der Waals surface area (Å²) in [6.07, 6.45) is 0. The van der Waals surface area contributed by atoms with Crippen molar-refractivity contribution in [3.8, 4) is 0 Å². The summed E-state index contributed by atoms with van der Waals surface area (Å²) in [7, 11) is 0. The molecule has 0 saturated heterocycles. The van der Waals surface area contributed by atoms with Gasteiger partial charge in [0, 0.05) is 0 Å². The van der Waals surface area contributed by atoms with E-state index in [0.29, 0.717) is 0 Å². The van der Waals surface area contributed by atoms with Gasteiger partial charge in [-0.3, -0.25) is 0 Å². The van der Waals surface area contributed by atoms with E-state index in [1.54, 1.807) is 0 Å². The number of hydrogen-bond acceptors (Lipinski definition) is 0. The minimum Gasteiger partial charge on any atom is -1.00 e. The van der Waals surface area contributed by atoms with Crippen LogP contribution in [-0.4, -0.2) is 22.8 Å². The number of halogens is 7. The van der Waals surface area contributed by atoms with Crippen molar-refractivity contribution in [2.45, 2.75) is 0 Å². The first-order valence-electron chi connectivity index (χ1n) is 0. The Hall–Kier alpha value is 3.41. The molecule has 0 bridgehead atoms. The quantitative estimate of drug-likeness (QED) is 0.372. The van der Waals surface area contributed by atoms with Gasteiger partial charge in [0.1, 0.15) is 0 Å². The van der Waals surface area contributed by atoms with Gasteiger partial charge in [-0.2, -0.15) is 0 Å². The van der Waals surface area contributed by atoms with Gasteiger partial charge in [0.25, 0.3) is 0 Å². The summed E-state index contributed by atoms with van der Waals surface area (Å²) in [4.78, 5) is 0. The number of hydrogen-bond donors (Lipinski definition) is 0. The fraction of sp³-hybridized carbons (Fsp3) is 0. The van der Waals surface area contributed by atoms with Gasteiger partial charge >= 0.3 is 43.6 Å². The molecule has 0 heterocycles. The Morgan fingerprint density at radius 1 is 0.400 bits per heavy atom. The average Bonchev–Trinajstić information content (AvgIpc) is 0. The molecular formula is H2AlCl7OZr. The van der Waals surface area contributed by atoms with Gasteiger partial charge < -0.3 is 92.3 Å². The van der Waals surface area contributed by atoms with E-state index in [4.69, 9.17) is 0 Å². The second-order valence-corrected chi connectivity index (χ2v) is 0. The van der Waals surface area contributed by atoms with Crippen LogP contribution in [0.3, 0.4) is 0 Å². The Morgan fingerprint density at radius 2 is 0.400 bits per heavy atom. The number of rotatable bonds is 0. The summed E-state index contributed by atoms with van der Waals surface area (Å²) in [5.74, 6) is 0. The first-order chi connectivity index (χ1) is 0. The van der Waals surface area contributed by atoms with Crippen molar-refractivity contribution in [2.75, 3.05) is 0 Å². The van der Waals surface area contributed by atoms with Crippen molar-refractivity contribution >= 4 is 17.4 Å². The summed E-state index contributed by atoms with van der Waals surface area (Å²) < 4.78 is 0. The van der Waals surface area contributed by atoms with Crippen LogP contribution in [0, 0.1) is 0 Å². The molecule has 0 spiro atoms.